The first-order chi connectivity index (χ1) is 6.11. The van der Waals surface area contributed by atoms with Crippen molar-refractivity contribution in [3.8, 4) is 0 Å². The topological polar surface area (TPSA) is 86.3 Å². The molecule has 0 saturated heterocycles. The number of nitro groups is 2. The van der Waals surface area contributed by atoms with E-state index in [2.05, 4.69) is 0 Å². The molecule has 0 radical (unpaired) electrons. The van der Waals surface area contributed by atoms with Crippen LogP contribution in [-0.4, -0.2) is 21.9 Å². The number of nitrogens with zero attached hydrogens (tertiary/aromatic N) is 2. The highest BCUT2D eigenvalue weighted by Gasteiger charge is 2.61. The Hall–Kier alpha value is -1.20. The van der Waals surface area contributed by atoms with Crippen molar-refractivity contribution in [2.75, 3.05) is 0 Å². The lowest BCUT2D eigenvalue weighted by Gasteiger charge is -2.17. The molecule has 6 heteroatoms. The first kappa shape index (κ1) is 8.40. The van der Waals surface area contributed by atoms with Crippen molar-refractivity contribution in [2.24, 2.45) is 11.8 Å². The molecule has 2 saturated carbocycles. The predicted octanol–water partition coefficient (Wildman–Crippen LogP) is 0.707. The summed E-state index contributed by atoms with van der Waals surface area (Å²) in [4.78, 5) is 20.3. The van der Waals surface area contributed by atoms with Crippen LogP contribution >= 0.6 is 0 Å². The second-order valence-electron chi connectivity index (χ2n) is 3.89. The fourth-order valence-electron chi connectivity index (χ4n) is 2.82. The summed E-state index contributed by atoms with van der Waals surface area (Å²) in [7, 11) is 0. The Bertz CT molecular complexity index is 241. The zero-order chi connectivity index (χ0) is 9.59. The molecule has 13 heavy (non-hydrogen) atoms. The normalized spacial score (nSPS) is 42.2. The molecule has 0 aliphatic heterocycles. The van der Waals surface area contributed by atoms with Gasteiger partial charge in [-0.05, 0) is 19.3 Å². The first-order valence-electron chi connectivity index (χ1n) is 4.38. The van der Waals surface area contributed by atoms with Crippen molar-refractivity contribution in [2.45, 2.75) is 31.3 Å². The van der Waals surface area contributed by atoms with Gasteiger partial charge in [0, 0.05) is 21.7 Å². The lowest BCUT2D eigenvalue weighted by molar-refractivity contribution is -0.623. The van der Waals surface area contributed by atoms with Gasteiger partial charge in [-0.25, -0.2) is 0 Å². The molecule has 0 amide bonds. The van der Waals surface area contributed by atoms with Crippen molar-refractivity contribution in [3.05, 3.63) is 20.2 Å². The smallest absolute Gasteiger partial charge is 0.264 e. The van der Waals surface area contributed by atoms with Crippen molar-refractivity contribution in [3.63, 3.8) is 0 Å². The maximum absolute atomic E-state index is 10.6. The van der Waals surface area contributed by atoms with Gasteiger partial charge in [0.25, 0.3) is 12.1 Å². The molecule has 6 nitrogen and oxygen atoms in total. The molecule has 0 aromatic rings. The van der Waals surface area contributed by atoms with Crippen LogP contribution in [0.3, 0.4) is 0 Å². The standard InChI is InChI=1S/C7H10N2O4/c10-8(11)6-4-1-2-5(3-4)7(6)9(12)13/h4-7H,1-3H2/t4-,5-,6-,7+/m1/s1. The third-order valence-electron chi connectivity index (χ3n) is 3.32. The van der Waals surface area contributed by atoms with Gasteiger partial charge in [-0.15, -0.1) is 0 Å². The van der Waals surface area contributed by atoms with Gasteiger partial charge in [-0.2, -0.15) is 0 Å². The third kappa shape index (κ3) is 1.08. The van der Waals surface area contributed by atoms with Gasteiger partial charge in [0.2, 0.25) is 0 Å². The van der Waals surface area contributed by atoms with E-state index in [0.717, 1.165) is 12.8 Å². The molecule has 2 fully saturated rings. The molecule has 0 unspecified atom stereocenters. The second kappa shape index (κ2) is 2.65. The molecule has 2 aliphatic carbocycles. The van der Waals surface area contributed by atoms with Crippen LogP contribution in [0.15, 0.2) is 0 Å². The van der Waals surface area contributed by atoms with Crippen molar-refractivity contribution >= 4 is 0 Å². The van der Waals surface area contributed by atoms with Gasteiger partial charge in [0.05, 0.1) is 0 Å². The zero-order valence-corrected chi connectivity index (χ0v) is 6.96. The average molecular weight is 186 g/mol. The van der Waals surface area contributed by atoms with E-state index in [-0.39, 0.29) is 11.8 Å². The number of fused-ring (bicyclic) bond motifs is 2. The van der Waals surface area contributed by atoms with E-state index < -0.39 is 21.9 Å². The van der Waals surface area contributed by atoms with Gasteiger partial charge in [0.1, 0.15) is 0 Å². The Morgan fingerprint density at radius 3 is 1.62 bits per heavy atom. The summed E-state index contributed by atoms with van der Waals surface area (Å²) in [6.45, 7) is 0. The van der Waals surface area contributed by atoms with Crippen LogP contribution in [0.1, 0.15) is 19.3 Å². The number of hydrogen-bond donors (Lipinski definition) is 0. The third-order valence-corrected chi connectivity index (χ3v) is 3.32. The molecule has 72 valence electrons. The fourth-order valence-corrected chi connectivity index (χ4v) is 2.82. The molecular formula is C7H10N2O4. The minimum atomic E-state index is -0.922. The van der Waals surface area contributed by atoms with E-state index in [1.807, 2.05) is 0 Å². The molecule has 0 aromatic heterocycles. The van der Waals surface area contributed by atoms with E-state index in [1.165, 1.54) is 0 Å². The van der Waals surface area contributed by atoms with Gasteiger partial charge < -0.3 is 0 Å². The molecule has 2 bridgehead atoms. The van der Waals surface area contributed by atoms with E-state index in [4.69, 9.17) is 0 Å². The monoisotopic (exact) mass is 186 g/mol. The highest BCUT2D eigenvalue weighted by atomic mass is 16.6. The SMILES string of the molecule is O=[N+]([O-])[C@@H]1[C@@H]2CC[C@H](C2)[C@@H]1[N+](=O)[O-]. The molecule has 0 spiro atoms. The van der Waals surface area contributed by atoms with Crippen LogP contribution < -0.4 is 0 Å². The Balaban J connectivity index is 2.24. The Labute approximate surface area is 74.2 Å². The van der Waals surface area contributed by atoms with Crippen molar-refractivity contribution in [1.29, 1.82) is 0 Å². The van der Waals surface area contributed by atoms with E-state index >= 15 is 0 Å². The predicted molar refractivity (Wildman–Crippen MR) is 42.4 cm³/mol. The summed E-state index contributed by atoms with van der Waals surface area (Å²) in [6, 6.07) is -1.84. The van der Waals surface area contributed by atoms with E-state index in [0.29, 0.717) is 6.42 Å². The summed E-state index contributed by atoms with van der Waals surface area (Å²) in [5, 5.41) is 21.2. The maximum atomic E-state index is 10.6. The van der Waals surface area contributed by atoms with Crippen LogP contribution in [0.4, 0.5) is 0 Å². The summed E-state index contributed by atoms with van der Waals surface area (Å²) in [5.74, 6) is -0.0919. The summed E-state index contributed by atoms with van der Waals surface area (Å²) < 4.78 is 0. The Morgan fingerprint density at radius 2 is 1.31 bits per heavy atom. The van der Waals surface area contributed by atoms with Gasteiger partial charge in [-0.1, -0.05) is 0 Å². The van der Waals surface area contributed by atoms with Gasteiger partial charge in [0.15, 0.2) is 0 Å². The maximum Gasteiger partial charge on any atom is 0.282 e. The minimum Gasteiger partial charge on any atom is -0.264 e. The zero-order valence-electron chi connectivity index (χ0n) is 6.96. The first-order valence-corrected chi connectivity index (χ1v) is 4.38. The summed E-state index contributed by atoms with van der Waals surface area (Å²) in [5.41, 5.74) is 0. The molecule has 2 rings (SSSR count). The van der Waals surface area contributed by atoms with E-state index in [9.17, 15) is 20.2 Å². The van der Waals surface area contributed by atoms with Crippen LogP contribution in [-0.2, 0) is 0 Å². The van der Waals surface area contributed by atoms with Crippen LogP contribution in [0.2, 0.25) is 0 Å². The fraction of sp³-hybridized carbons (Fsp3) is 1.00. The van der Waals surface area contributed by atoms with Gasteiger partial charge in [-0.3, -0.25) is 20.2 Å². The number of hydrogen-bond acceptors (Lipinski definition) is 4. The second-order valence-corrected chi connectivity index (χ2v) is 3.89. The molecule has 2 aliphatic rings. The largest absolute Gasteiger partial charge is 0.282 e. The molecule has 4 atom stereocenters. The summed E-state index contributed by atoms with van der Waals surface area (Å²) >= 11 is 0. The van der Waals surface area contributed by atoms with Crippen molar-refractivity contribution in [1.82, 2.24) is 0 Å². The van der Waals surface area contributed by atoms with Crippen LogP contribution in [0.25, 0.3) is 0 Å². The van der Waals surface area contributed by atoms with Gasteiger partial charge >= 0.3 is 0 Å². The average Bonchev–Trinajstić information content (AvgIpc) is 2.60. The quantitative estimate of drug-likeness (QED) is 0.469. The lowest BCUT2D eigenvalue weighted by Crippen LogP contribution is -2.43. The van der Waals surface area contributed by atoms with Crippen LogP contribution in [0.5, 0.6) is 0 Å². The lowest BCUT2D eigenvalue weighted by atomic mass is 9.91. The van der Waals surface area contributed by atoms with E-state index in [1.54, 1.807) is 0 Å². The highest BCUT2D eigenvalue weighted by molar-refractivity contribution is 4.97. The Kier molecular flexibility index (Phi) is 1.71. The number of rotatable bonds is 2. The minimum absolute atomic E-state index is 0.0459. The molecule has 0 aromatic carbocycles. The van der Waals surface area contributed by atoms with Crippen molar-refractivity contribution < 1.29 is 9.85 Å². The molecule has 0 N–H and O–H groups in total. The Morgan fingerprint density at radius 1 is 0.923 bits per heavy atom. The highest BCUT2D eigenvalue weighted by Crippen LogP contribution is 2.46. The summed E-state index contributed by atoms with van der Waals surface area (Å²) in [6.07, 6.45) is 2.26. The molecule has 0 heterocycles. The molecular weight excluding hydrogens is 176 g/mol. The van der Waals surface area contributed by atoms with Crippen LogP contribution in [0, 0.1) is 32.1 Å².